The van der Waals surface area contributed by atoms with Crippen LogP contribution in [-0.2, 0) is 4.74 Å². The molecule has 0 aliphatic heterocycles. The van der Waals surface area contributed by atoms with Gasteiger partial charge >= 0.3 is 0 Å². The molecule has 12 heavy (non-hydrogen) atoms. The maximum atomic E-state index is 5.34. The van der Waals surface area contributed by atoms with Gasteiger partial charge in [-0.2, -0.15) is 0 Å². The first-order valence-electron chi connectivity index (χ1n) is 3.94. The van der Waals surface area contributed by atoms with Crippen molar-refractivity contribution in [2.24, 2.45) is 0 Å². The fourth-order valence-corrected chi connectivity index (χ4v) is 0.993. The van der Waals surface area contributed by atoms with Crippen molar-refractivity contribution in [1.29, 1.82) is 0 Å². The molecule has 0 radical (unpaired) electrons. The van der Waals surface area contributed by atoms with Gasteiger partial charge in [0, 0.05) is 0 Å². The SMILES string of the molecule is C#CCO[C@@H](C)c1ccccc1. The summed E-state index contributed by atoms with van der Waals surface area (Å²) in [7, 11) is 0. The summed E-state index contributed by atoms with van der Waals surface area (Å²) in [6.07, 6.45) is 5.17. The Morgan fingerprint density at radius 1 is 1.42 bits per heavy atom. The summed E-state index contributed by atoms with van der Waals surface area (Å²) < 4.78 is 5.34. The third kappa shape index (κ3) is 2.41. The molecule has 0 aliphatic rings. The van der Waals surface area contributed by atoms with E-state index < -0.39 is 0 Å². The van der Waals surface area contributed by atoms with E-state index in [-0.39, 0.29) is 6.10 Å². The highest BCUT2D eigenvalue weighted by Crippen LogP contribution is 2.14. The summed E-state index contributed by atoms with van der Waals surface area (Å²) in [5, 5.41) is 0. The Morgan fingerprint density at radius 2 is 2.08 bits per heavy atom. The Hall–Kier alpha value is -1.26. The van der Waals surface area contributed by atoms with Crippen LogP contribution in [-0.4, -0.2) is 6.61 Å². The summed E-state index contributed by atoms with van der Waals surface area (Å²) in [5.74, 6) is 2.45. The van der Waals surface area contributed by atoms with Crippen LogP contribution < -0.4 is 0 Å². The summed E-state index contributed by atoms with van der Waals surface area (Å²) in [5.41, 5.74) is 1.16. The molecule has 0 aliphatic carbocycles. The first kappa shape index (κ1) is 8.83. The lowest BCUT2D eigenvalue weighted by Crippen LogP contribution is -1.99. The van der Waals surface area contributed by atoms with Gasteiger partial charge in [-0.3, -0.25) is 0 Å². The Labute approximate surface area is 73.4 Å². The number of hydrogen-bond donors (Lipinski definition) is 0. The topological polar surface area (TPSA) is 9.23 Å². The summed E-state index contributed by atoms with van der Waals surface area (Å²) in [4.78, 5) is 0. The maximum absolute atomic E-state index is 5.34. The Morgan fingerprint density at radius 3 is 2.67 bits per heavy atom. The number of ether oxygens (including phenoxy) is 1. The monoisotopic (exact) mass is 160 g/mol. The molecule has 0 unspecified atom stereocenters. The largest absolute Gasteiger partial charge is 0.361 e. The molecule has 1 nitrogen and oxygen atoms in total. The lowest BCUT2D eigenvalue weighted by Gasteiger charge is -2.10. The summed E-state index contributed by atoms with van der Waals surface area (Å²) in [6, 6.07) is 10.0. The van der Waals surface area contributed by atoms with Crippen molar-refractivity contribution < 1.29 is 4.74 Å². The van der Waals surface area contributed by atoms with E-state index >= 15 is 0 Å². The zero-order valence-corrected chi connectivity index (χ0v) is 7.16. The lowest BCUT2D eigenvalue weighted by molar-refractivity contribution is 0.0927. The van der Waals surface area contributed by atoms with Gasteiger partial charge in [0.05, 0.1) is 6.10 Å². The van der Waals surface area contributed by atoms with Crippen molar-refractivity contribution in [3.8, 4) is 12.3 Å². The molecule has 1 rings (SSSR count). The average molecular weight is 160 g/mol. The molecular weight excluding hydrogens is 148 g/mol. The predicted molar refractivity (Wildman–Crippen MR) is 49.6 cm³/mol. The van der Waals surface area contributed by atoms with Gasteiger partial charge in [0.2, 0.25) is 0 Å². The maximum Gasteiger partial charge on any atom is 0.108 e. The molecule has 0 heterocycles. The smallest absolute Gasteiger partial charge is 0.108 e. The highest BCUT2D eigenvalue weighted by atomic mass is 16.5. The molecule has 0 fully saturated rings. The predicted octanol–water partition coefficient (Wildman–Crippen LogP) is 2.40. The molecular formula is C11H12O. The van der Waals surface area contributed by atoms with E-state index in [1.807, 2.05) is 37.3 Å². The Bertz CT molecular complexity index is 258. The van der Waals surface area contributed by atoms with E-state index in [9.17, 15) is 0 Å². The Balaban J connectivity index is 2.55. The van der Waals surface area contributed by atoms with Gasteiger partial charge in [0.15, 0.2) is 0 Å². The minimum atomic E-state index is 0.0854. The molecule has 0 aromatic heterocycles. The van der Waals surface area contributed by atoms with Crippen LogP contribution in [0.3, 0.4) is 0 Å². The van der Waals surface area contributed by atoms with Crippen LogP contribution in [0.4, 0.5) is 0 Å². The first-order chi connectivity index (χ1) is 5.84. The summed E-state index contributed by atoms with van der Waals surface area (Å²) in [6.45, 7) is 2.36. The molecule has 0 amide bonds. The highest BCUT2D eigenvalue weighted by Gasteiger charge is 2.02. The van der Waals surface area contributed by atoms with Gasteiger partial charge in [-0.1, -0.05) is 36.3 Å². The fraction of sp³-hybridized carbons (Fsp3) is 0.273. The lowest BCUT2D eigenvalue weighted by atomic mass is 10.1. The number of hydrogen-bond acceptors (Lipinski definition) is 1. The molecule has 0 saturated carbocycles. The van der Waals surface area contributed by atoms with Crippen molar-refractivity contribution in [3.63, 3.8) is 0 Å². The molecule has 1 heteroatoms. The molecule has 0 bridgehead atoms. The van der Waals surface area contributed by atoms with E-state index in [4.69, 9.17) is 11.2 Å². The van der Waals surface area contributed by atoms with Gasteiger partial charge in [-0.15, -0.1) is 6.42 Å². The van der Waals surface area contributed by atoms with Crippen LogP contribution in [0.25, 0.3) is 0 Å². The quantitative estimate of drug-likeness (QED) is 0.617. The van der Waals surface area contributed by atoms with Crippen molar-refractivity contribution in [1.82, 2.24) is 0 Å². The van der Waals surface area contributed by atoms with Crippen molar-refractivity contribution >= 4 is 0 Å². The number of benzene rings is 1. The summed E-state index contributed by atoms with van der Waals surface area (Å²) >= 11 is 0. The van der Waals surface area contributed by atoms with Gasteiger partial charge in [0.1, 0.15) is 6.61 Å². The van der Waals surface area contributed by atoms with Crippen molar-refractivity contribution in [2.75, 3.05) is 6.61 Å². The van der Waals surface area contributed by atoms with Crippen LogP contribution in [0.5, 0.6) is 0 Å². The normalized spacial score (nSPS) is 12.0. The van der Waals surface area contributed by atoms with E-state index in [2.05, 4.69) is 5.92 Å². The van der Waals surface area contributed by atoms with Crippen LogP contribution in [0.15, 0.2) is 30.3 Å². The average Bonchev–Trinajstić information content (AvgIpc) is 2.15. The van der Waals surface area contributed by atoms with Crippen LogP contribution in [0.2, 0.25) is 0 Å². The second-order valence-corrected chi connectivity index (χ2v) is 2.57. The van der Waals surface area contributed by atoms with Crippen molar-refractivity contribution in [2.45, 2.75) is 13.0 Å². The van der Waals surface area contributed by atoms with Crippen LogP contribution in [0.1, 0.15) is 18.6 Å². The Kier molecular flexibility index (Phi) is 3.37. The van der Waals surface area contributed by atoms with Crippen LogP contribution >= 0.6 is 0 Å². The second kappa shape index (κ2) is 4.58. The molecule has 0 spiro atoms. The van der Waals surface area contributed by atoms with Crippen molar-refractivity contribution in [3.05, 3.63) is 35.9 Å². The minimum absolute atomic E-state index is 0.0854. The first-order valence-corrected chi connectivity index (χ1v) is 3.94. The molecule has 1 aromatic rings. The van der Waals surface area contributed by atoms with E-state index in [1.165, 1.54) is 0 Å². The second-order valence-electron chi connectivity index (χ2n) is 2.57. The standard InChI is InChI=1S/C11H12O/c1-3-9-12-10(2)11-7-5-4-6-8-11/h1,4-8,10H,9H2,2H3/t10-/m0/s1. The van der Waals surface area contributed by atoms with Gasteiger partial charge in [-0.25, -0.2) is 0 Å². The third-order valence-corrected chi connectivity index (χ3v) is 1.69. The van der Waals surface area contributed by atoms with Gasteiger partial charge in [0.25, 0.3) is 0 Å². The molecule has 62 valence electrons. The molecule has 0 N–H and O–H groups in total. The van der Waals surface area contributed by atoms with Gasteiger partial charge < -0.3 is 4.74 Å². The molecule has 0 saturated heterocycles. The van der Waals surface area contributed by atoms with Gasteiger partial charge in [-0.05, 0) is 12.5 Å². The molecule has 1 aromatic carbocycles. The number of rotatable bonds is 3. The zero-order valence-electron chi connectivity index (χ0n) is 7.16. The fourth-order valence-electron chi connectivity index (χ4n) is 0.993. The number of terminal acetylenes is 1. The highest BCUT2D eigenvalue weighted by molar-refractivity contribution is 5.16. The zero-order chi connectivity index (χ0) is 8.81. The third-order valence-electron chi connectivity index (χ3n) is 1.69. The van der Waals surface area contributed by atoms with E-state index in [0.717, 1.165) is 5.56 Å². The van der Waals surface area contributed by atoms with E-state index in [0.29, 0.717) is 6.61 Å². The van der Waals surface area contributed by atoms with E-state index in [1.54, 1.807) is 0 Å². The van der Waals surface area contributed by atoms with Crippen LogP contribution in [0, 0.1) is 12.3 Å². The molecule has 1 atom stereocenters. The minimum Gasteiger partial charge on any atom is -0.361 e.